The first-order valence-corrected chi connectivity index (χ1v) is 8.96. The van der Waals surface area contributed by atoms with Crippen LogP contribution in [0.25, 0.3) is 0 Å². The highest BCUT2D eigenvalue weighted by Gasteiger charge is 2.28. The summed E-state index contributed by atoms with van der Waals surface area (Å²) in [5.41, 5.74) is 9.74. The molecule has 1 heterocycles. The van der Waals surface area contributed by atoms with E-state index in [1.807, 2.05) is 48.2 Å². The van der Waals surface area contributed by atoms with Crippen LogP contribution < -0.4 is 5.73 Å². The minimum absolute atomic E-state index is 0.107. The number of halogens is 1. The number of anilines is 1. The number of hydrogen-bond donors (Lipinski definition) is 1. The summed E-state index contributed by atoms with van der Waals surface area (Å²) in [5, 5.41) is 0.670. The number of nitrogens with two attached hydrogens (primary N) is 1. The van der Waals surface area contributed by atoms with Gasteiger partial charge < -0.3 is 10.6 Å². The van der Waals surface area contributed by atoms with Crippen molar-refractivity contribution in [1.29, 1.82) is 0 Å². The fourth-order valence-electron chi connectivity index (χ4n) is 3.39. The first kappa shape index (κ1) is 17.8. The molecule has 4 nitrogen and oxygen atoms in total. The highest BCUT2D eigenvalue weighted by molar-refractivity contribution is 6.31. The lowest BCUT2D eigenvalue weighted by atomic mass is 10.0. The Hall–Kier alpha value is -2.04. The maximum Gasteiger partial charge on any atom is 0.254 e. The molecule has 1 aliphatic heterocycles. The van der Waals surface area contributed by atoms with E-state index in [0.717, 1.165) is 48.6 Å². The highest BCUT2D eigenvalue weighted by atomic mass is 35.5. The van der Waals surface area contributed by atoms with Crippen molar-refractivity contribution in [2.75, 3.05) is 25.4 Å². The second-order valence-corrected chi connectivity index (χ2v) is 7.16. The molecule has 5 heteroatoms. The Balaban J connectivity index is 1.67. The molecule has 2 aromatic rings. The molecule has 0 aromatic heterocycles. The lowest BCUT2D eigenvalue weighted by Gasteiger charge is -2.40. The molecule has 25 heavy (non-hydrogen) atoms. The normalized spacial score (nSPS) is 18.4. The van der Waals surface area contributed by atoms with Crippen LogP contribution in [-0.2, 0) is 6.54 Å². The van der Waals surface area contributed by atoms with Crippen molar-refractivity contribution < 1.29 is 4.79 Å². The molecule has 0 unspecified atom stereocenters. The van der Waals surface area contributed by atoms with Crippen molar-refractivity contribution in [3.8, 4) is 0 Å². The van der Waals surface area contributed by atoms with Crippen LogP contribution in [0.4, 0.5) is 5.69 Å². The summed E-state index contributed by atoms with van der Waals surface area (Å²) >= 11 is 6.15. The van der Waals surface area contributed by atoms with Gasteiger partial charge in [-0.2, -0.15) is 0 Å². The summed E-state index contributed by atoms with van der Waals surface area (Å²) in [6.07, 6.45) is 0. The van der Waals surface area contributed by atoms with Gasteiger partial charge >= 0.3 is 0 Å². The molecular formula is C20H24ClN3O. The zero-order valence-corrected chi connectivity index (χ0v) is 15.5. The molecule has 1 atom stereocenters. The maximum absolute atomic E-state index is 12.7. The molecule has 1 saturated heterocycles. The quantitative estimate of drug-likeness (QED) is 0.854. The molecule has 0 spiro atoms. The van der Waals surface area contributed by atoms with Gasteiger partial charge in [-0.3, -0.25) is 9.69 Å². The zero-order chi connectivity index (χ0) is 18.0. The van der Waals surface area contributed by atoms with E-state index >= 15 is 0 Å². The van der Waals surface area contributed by atoms with Crippen LogP contribution in [0.15, 0.2) is 42.5 Å². The van der Waals surface area contributed by atoms with E-state index < -0.39 is 0 Å². The summed E-state index contributed by atoms with van der Waals surface area (Å²) in [5.74, 6) is 0.107. The average Bonchev–Trinajstić information content (AvgIpc) is 2.59. The molecule has 2 N–H and O–H groups in total. The summed E-state index contributed by atoms with van der Waals surface area (Å²) in [6, 6.07) is 13.4. The molecule has 132 valence electrons. The number of carbonyl (C=O) groups is 1. The fourth-order valence-corrected chi connectivity index (χ4v) is 3.64. The Morgan fingerprint density at radius 3 is 2.64 bits per heavy atom. The number of nitrogens with zero attached hydrogens (tertiary/aromatic N) is 2. The minimum atomic E-state index is 0.107. The average molecular weight is 358 g/mol. The van der Waals surface area contributed by atoms with Crippen molar-refractivity contribution in [3.63, 3.8) is 0 Å². The Labute approximate surface area is 154 Å². The summed E-state index contributed by atoms with van der Waals surface area (Å²) in [6.45, 7) is 7.34. The van der Waals surface area contributed by atoms with Crippen LogP contribution in [0.5, 0.6) is 0 Å². The van der Waals surface area contributed by atoms with Crippen LogP contribution in [0.3, 0.4) is 0 Å². The van der Waals surface area contributed by atoms with Crippen molar-refractivity contribution in [3.05, 3.63) is 64.2 Å². The standard InChI is InChI=1S/C20H24ClN3O/c1-14-12-23(13-17-10-18(21)11-19(22)15(17)2)8-9-24(14)20(25)16-6-4-3-5-7-16/h3-7,10-11,14H,8-9,12-13,22H2,1-2H3/t14-/m0/s1. The number of amides is 1. The van der Waals surface area contributed by atoms with E-state index in [4.69, 9.17) is 17.3 Å². The topological polar surface area (TPSA) is 49.6 Å². The molecule has 0 radical (unpaired) electrons. The SMILES string of the molecule is Cc1c(N)cc(Cl)cc1CN1CCN(C(=O)c2ccccc2)[C@@H](C)C1. The molecule has 1 amide bonds. The monoisotopic (exact) mass is 357 g/mol. The van der Waals surface area contributed by atoms with E-state index in [0.29, 0.717) is 5.02 Å². The number of nitrogen functional groups attached to an aromatic ring is 1. The molecule has 3 rings (SSSR count). The zero-order valence-electron chi connectivity index (χ0n) is 14.7. The molecule has 2 aromatic carbocycles. The number of rotatable bonds is 3. The Bertz CT molecular complexity index is 763. The smallest absolute Gasteiger partial charge is 0.254 e. The van der Waals surface area contributed by atoms with E-state index in [1.54, 1.807) is 6.07 Å². The first-order chi connectivity index (χ1) is 12.0. The predicted octanol–water partition coefficient (Wildman–Crippen LogP) is 3.58. The predicted molar refractivity (Wildman–Crippen MR) is 103 cm³/mol. The van der Waals surface area contributed by atoms with Crippen molar-refractivity contribution in [2.24, 2.45) is 0 Å². The van der Waals surface area contributed by atoms with Gasteiger partial charge in [0.2, 0.25) is 0 Å². The van der Waals surface area contributed by atoms with Gasteiger partial charge in [0.1, 0.15) is 0 Å². The van der Waals surface area contributed by atoms with Gasteiger partial charge in [-0.05, 0) is 49.2 Å². The lowest BCUT2D eigenvalue weighted by Crippen LogP contribution is -2.53. The highest BCUT2D eigenvalue weighted by Crippen LogP contribution is 2.24. The molecule has 1 aliphatic rings. The Morgan fingerprint density at radius 1 is 1.24 bits per heavy atom. The number of benzene rings is 2. The first-order valence-electron chi connectivity index (χ1n) is 8.58. The van der Waals surface area contributed by atoms with Gasteiger partial charge in [0.15, 0.2) is 0 Å². The van der Waals surface area contributed by atoms with Crippen LogP contribution in [-0.4, -0.2) is 41.4 Å². The number of carbonyl (C=O) groups excluding carboxylic acids is 1. The Kier molecular flexibility index (Phi) is 5.30. The van der Waals surface area contributed by atoms with Crippen molar-refractivity contribution in [1.82, 2.24) is 9.80 Å². The molecular weight excluding hydrogens is 334 g/mol. The van der Waals surface area contributed by atoms with Gasteiger partial charge in [0.05, 0.1) is 0 Å². The second-order valence-electron chi connectivity index (χ2n) is 6.73. The summed E-state index contributed by atoms with van der Waals surface area (Å²) in [4.78, 5) is 17.0. The van der Waals surface area contributed by atoms with Gasteiger partial charge in [-0.1, -0.05) is 29.8 Å². The minimum Gasteiger partial charge on any atom is -0.398 e. The largest absolute Gasteiger partial charge is 0.398 e. The van der Waals surface area contributed by atoms with E-state index in [1.165, 1.54) is 0 Å². The van der Waals surface area contributed by atoms with E-state index in [-0.39, 0.29) is 11.9 Å². The van der Waals surface area contributed by atoms with Crippen LogP contribution in [0.1, 0.15) is 28.4 Å². The van der Waals surface area contributed by atoms with Crippen molar-refractivity contribution in [2.45, 2.75) is 26.4 Å². The molecule has 0 saturated carbocycles. The fraction of sp³-hybridized carbons (Fsp3) is 0.350. The molecule has 1 fully saturated rings. The summed E-state index contributed by atoms with van der Waals surface area (Å²) < 4.78 is 0. The second kappa shape index (κ2) is 7.46. The third-order valence-corrected chi connectivity index (χ3v) is 5.13. The van der Waals surface area contributed by atoms with Gasteiger partial charge in [-0.25, -0.2) is 0 Å². The molecule has 0 aliphatic carbocycles. The Morgan fingerprint density at radius 2 is 1.96 bits per heavy atom. The van der Waals surface area contributed by atoms with Crippen LogP contribution in [0, 0.1) is 6.92 Å². The van der Waals surface area contributed by atoms with Crippen LogP contribution >= 0.6 is 11.6 Å². The number of hydrogen-bond acceptors (Lipinski definition) is 3. The third kappa shape index (κ3) is 3.97. The van der Waals surface area contributed by atoms with Crippen molar-refractivity contribution >= 4 is 23.2 Å². The number of piperazine rings is 1. The summed E-state index contributed by atoms with van der Waals surface area (Å²) in [7, 11) is 0. The molecule has 0 bridgehead atoms. The maximum atomic E-state index is 12.7. The van der Waals surface area contributed by atoms with Crippen LogP contribution in [0.2, 0.25) is 5.02 Å². The van der Waals surface area contributed by atoms with E-state index in [2.05, 4.69) is 11.8 Å². The van der Waals surface area contributed by atoms with Gasteiger partial charge in [0, 0.05) is 48.5 Å². The van der Waals surface area contributed by atoms with Gasteiger partial charge in [-0.15, -0.1) is 0 Å². The third-order valence-electron chi connectivity index (χ3n) is 4.91. The van der Waals surface area contributed by atoms with E-state index in [9.17, 15) is 4.79 Å². The van der Waals surface area contributed by atoms with Gasteiger partial charge in [0.25, 0.3) is 5.91 Å². The lowest BCUT2D eigenvalue weighted by molar-refractivity contribution is 0.0475.